The van der Waals surface area contributed by atoms with Crippen LogP contribution in [-0.4, -0.2) is 17.5 Å². The molecule has 0 fully saturated rings. The Morgan fingerprint density at radius 3 is 2.65 bits per heavy atom. The molecule has 0 amide bonds. The summed E-state index contributed by atoms with van der Waals surface area (Å²) in [6.45, 7) is 6.59. The van der Waals surface area contributed by atoms with Crippen molar-refractivity contribution in [3.05, 3.63) is 54.1 Å². The van der Waals surface area contributed by atoms with Gasteiger partial charge in [0.25, 0.3) is 0 Å². The van der Waals surface area contributed by atoms with Gasteiger partial charge in [0.1, 0.15) is 0 Å². The summed E-state index contributed by atoms with van der Waals surface area (Å²) < 4.78 is 0. The Bertz CT molecular complexity index is 409. The molecule has 0 bridgehead atoms. The number of hydrogen-bond acceptors (Lipinski definition) is 2. The van der Waals surface area contributed by atoms with E-state index in [2.05, 4.69) is 49.9 Å². The number of aliphatic hydroxyl groups excluding tert-OH is 1. The van der Waals surface area contributed by atoms with Crippen molar-refractivity contribution in [3.63, 3.8) is 0 Å². The first kappa shape index (κ1) is 17.1. The zero-order valence-corrected chi connectivity index (χ0v) is 13.3. The Hall–Kier alpha value is -0.990. The van der Waals surface area contributed by atoms with Gasteiger partial charge in [-0.25, -0.2) is 0 Å². The van der Waals surface area contributed by atoms with E-state index in [4.69, 9.17) is 5.11 Å². The Morgan fingerprint density at radius 2 is 1.95 bits per heavy atom. The molecular formula is C18H26OS. The third-order valence-electron chi connectivity index (χ3n) is 3.19. The molecular weight excluding hydrogens is 264 g/mol. The Labute approximate surface area is 127 Å². The predicted molar refractivity (Wildman–Crippen MR) is 90.2 cm³/mol. The smallest absolute Gasteiger partial charge is 0.0434 e. The van der Waals surface area contributed by atoms with E-state index in [9.17, 15) is 0 Å². The van der Waals surface area contributed by atoms with Gasteiger partial charge in [-0.2, -0.15) is 0 Å². The molecule has 110 valence electrons. The molecule has 0 saturated carbocycles. The maximum absolute atomic E-state index is 8.78. The second kappa shape index (κ2) is 10.8. The van der Waals surface area contributed by atoms with Gasteiger partial charge >= 0.3 is 0 Å². The standard InChI is InChI=1S/C18H26OS/c1-16(10-7-14-19)8-6-9-17(2)13-15-20-18-11-4-3-5-12-18/h3-5,8,11-12,19H,2,6-7,9-10,13-15H2,1H3. The van der Waals surface area contributed by atoms with Crippen LogP contribution in [0.4, 0.5) is 0 Å². The van der Waals surface area contributed by atoms with Gasteiger partial charge in [0.2, 0.25) is 0 Å². The number of rotatable bonds is 10. The van der Waals surface area contributed by atoms with E-state index < -0.39 is 0 Å². The van der Waals surface area contributed by atoms with E-state index >= 15 is 0 Å². The van der Waals surface area contributed by atoms with Gasteiger partial charge in [-0.1, -0.05) is 42.0 Å². The second-order valence-electron chi connectivity index (χ2n) is 5.08. The molecule has 1 aromatic rings. The minimum absolute atomic E-state index is 0.286. The van der Waals surface area contributed by atoms with Gasteiger partial charge in [-0.05, 0) is 51.2 Å². The van der Waals surface area contributed by atoms with Crippen molar-refractivity contribution in [2.75, 3.05) is 12.4 Å². The summed E-state index contributed by atoms with van der Waals surface area (Å²) >= 11 is 1.90. The van der Waals surface area contributed by atoms with Gasteiger partial charge < -0.3 is 5.11 Å². The largest absolute Gasteiger partial charge is 0.396 e. The zero-order valence-electron chi connectivity index (χ0n) is 12.5. The normalized spacial score (nSPS) is 11.6. The summed E-state index contributed by atoms with van der Waals surface area (Å²) in [6.07, 6.45) is 7.40. The molecule has 0 heterocycles. The minimum atomic E-state index is 0.286. The lowest BCUT2D eigenvalue weighted by Gasteiger charge is -2.05. The Kier molecular flexibility index (Phi) is 9.18. The van der Waals surface area contributed by atoms with Gasteiger partial charge in [0.05, 0.1) is 0 Å². The minimum Gasteiger partial charge on any atom is -0.396 e. The maximum Gasteiger partial charge on any atom is 0.0434 e. The lowest BCUT2D eigenvalue weighted by Crippen LogP contribution is -1.87. The van der Waals surface area contributed by atoms with Gasteiger partial charge in [0, 0.05) is 17.3 Å². The van der Waals surface area contributed by atoms with Crippen LogP contribution in [0, 0.1) is 0 Å². The third-order valence-corrected chi connectivity index (χ3v) is 4.20. The lowest BCUT2D eigenvalue weighted by molar-refractivity contribution is 0.288. The molecule has 0 unspecified atom stereocenters. The molecule has 2 heteroatoms. The van der Waals surface area contributed by atoms with Crippen molar-refractivity contribution in [1.82, 2.24) is 0 Å². The fourth-order valence-corrected chi connectivity index (χ4v) is 2.91. The molecule has 1 nitrogen and oxygen atoms in total. The number of allylic oxidation sites excluding steroid dienone is 3. The highest BCUT2D eigenvalue weighted by Crippen LogP contribution is 2.21. The fourth-order valence-electron chi connectivity index (χ4n) is 1.94. The van der Waals surface area contributed by atoms with Crippen LogP contribution in [0.5, 0.6) is 0 Å². The van der Waals surface area contributed by atoms with Crippen molar-refractivity contribution >= 4 is 11.8 Å². The quantitative estimate of drug-likeness (QED) is 0.470. The highest BCUT2D eigenvalue weighted by atomic mass is 32.2. The summed E-state index contributed by atoms with van der Waals surface area (Å²) in [5.41, 5.74) is 2.71. The van der Waals surface area contributed by atoms with Crippen molar-refractivity contribution in [3.8, 4) is 0 Å². The first-order chi connectivity index (χ1) is 9.72. The van der Waals surface area contributed by atoms with Crippen LogP contribution >= 0.6 is 11.8 Å². The van der Waals surface area contributed by atoms with Crippen LogP contribution in [0.3, 0.4) is 0 Å². The van der Waals surface area contributed by atoms with Crippen LogP contribution < -0.4 is 0 Å². The van der Waals surface area contributed by atoms with E-state index in [0.29, 0.717) is 0 Å². The second-order valence-corrected chi connectivity index (χ2v) is 6.25. The topological polar surface area (TPSA) is 20.2 Å². The first-order valence-electron chi connectivity index (χ1n) is 7.33. The third kappa shape index (κ3) is 8.23. The van der Waals surface area contributed by atoms with Crippen LogP contribution in [0.2, 0.25) is 0 Å². The Balaban J connectivity index is 2.11. The van der Waals surface area contributed by atoms with Gasteiger partial charge in [-0.15, -0.1) is 11.8 Å². The molecule has 20 heavy (non-hydrogen) atoms. The van der Waals surface area contributed by atoms with Crippen LogP contribution in [0.1, 0.15) is 39.0 Å². The van der Waals surface area contributed by atoms with Gasteiger partial charge in [-0.3, -0.25) is 0 Å². The molecule has 0 aliphatic carbocycles. The highest BCUT2D eigenvalue weighted by molar-refractivity contribution is 7.99. The lowest BCUT2D eigenvalue weighted by atomic mass is 10.1. The summed E-state index contributed by atoms with van der Waals surface area (Å²) in [4.78, 5) is 1.33. The molecule has 0 aliphatic heterocycles. The monoisotopic (exact) mass is 290 g/mol. The zero-order chi connectivity index (χ0) is 14.6. The van der Waals surface area contributed by atoms with E-state index in [1.165, 1.54) is 16.0 Å². The molecule has 1 rings (SSSR count). The Morgan fingerprint density at radius 1 is 1.20 bits per heavy atom. The summed E-state index contributed by atoms with van der Waals surface area (Å²) in [5.74, 6) is 1.11. The number of benzene rings is 1. The molecule has 1 N–H and O–H groups in total. The molecule has 0 aromatic heterocycles. The van der Waals surface area contributed by atoms with E-state index in [-0.39, 0.29) is 6.61 Å². The van der Waals surface area contributed by atoms with Crippen LogP contribution in [-0.2, 0) is 0 Å². The summed E-state index contributed by atoms with van der Waals surface area (Å²) in [6, 6.07) is 10.5. The number of aliphatic hydroxyl groups is 1. The highest BCUT2D eigenvalue weighted by Gasteiger charge is 1.97. The van der Waals surface area contributed by atoms with Crippen molar-refractivity contribution < 1.29 is 5.11 Å². The number of hydrogen-bond donors (Lipinski definition) is 1. The molecule has 1 aromatic carbocycles. The molecule has 0 saturated heterocycles. The maximum atomic E-state index is 8.78. The van der Waals surface area contributed by atoms with Crippen LogP contribution in [0.15, 0.2) is 59.0 Å². The molecule has 0 spiro atoms. The average Bonchev–Trinajstić information content (AvgIpc) is 2.46. The number of thioether (sulfide) groups is 1. The van der Waals surface area contributed by atoms with Crippen molar-refractivity contribution in [2.45, 2.75) is 43.9 Å². The summed E-state index contributed by atoms with van der Waals surface area (Å²) in [7, 11) is 0. The SMILES string of the molecule is C=C(CCC=C(C)CCCO)CCSc1ccccc1. The van der Waals surface area contributed by atoms with E-state index in [1.54, 1.807) is 0 Å². The molecule has 0 atom stereocenters. The first-order valence-corrected chi connectivity index (χ1v) is 8.32. The van der Waals surface area contributed by atoms with Crippen molar-refractivity contribution in [2.24, 2.45) is 0 Å². The average molecular weight is 290 g/mol. The van der Waals surface area contributed by atoms with E-state index in [0.717, 1.165) is 37.9 Å². The van der Waals surface area contributed by atoms with E-state index in [1.807, 2.05) is 11.8 Å². The molecule has 0 radical (unpaired) electrons. The van der Waals surface area contributed by atoms with Gasteiger partial charge in [0.15, 0.2) is 0 Å². The van der Waals surface area contributed by atoms with Crippen molar-refractivity contribution in [1.29, 1.82) is 0 Å². The predicted octanol–water partition coefficient (Wildman–Crippen LogP) is 5.22. The fraction of sp³-hybridized carbons (Fsp3) is 0.444. The van der Waals surface area contributed by atoms with Crippen LogP contribution in [0.25, 0.3) is 0 Å². The summed E-state index contributed by atoms with van der Waals surface area (Å²) in [5, 5.41) is 8.78. The molecule has 0 aliphatic rings.